The first-order valence-electron chi connectivity index (χ1n) is 13.2. The Morgan fingerprint density at radius 1 is 1.21 bits per heavy atom. The number of carbonyl (C=O) groups excluding carboxylic acids is 1. The average Bonchev–Trinajstić information content (AvgIpc) is 3.30. The van der Waals surface area contributed by atoms with Crippen LogP contribution in [0.3, 0.4) is 0 Å². The molecule has 1 amide bonds. The molecule has 0 fully saturated rings. The zero-order valence-corrected chi connectivity index (χ0v) is 26.2. The first-order chi connectivity index (χ1) is 20.1. The molecule has 2 unspecified atom stereocenters. The number of benzene rings is 2. The maximum Gasteiger partial charge on any atom is 0.573 e. The molecule has 224 valence electrons. The molecule has 1 aliphatic carbocycles. The third-order valence-corrected chi connectivity index (χ3v) is 8.34. The van der Waals surface area contributed by atoms with Gasteiger partial charge in [0.1, 0.15) is 27.6 Å². The molecule has 0 spiro atoms. The lowest BCUT2D eigenvalue weighted by Crippen LogP contribution is -2.47. The van der Waals surface area contributed by atoms with Crippen molar-refractivity contribution in [3.05, 3.63) is 94.8 Å². The Labute approximate surface area is 261 Å². The number of halogens is 4. The van der Waals surface area contributed by atoms with Gasteiger partial charge in [-0.1, -0.05) is 24.3 Å². The molecule has 2 aliphatic rings. The van der Waals surface area contributed by atoms with Crippen LogP contribution in [0.2, 0.25) is 0 Å². The van der Waals surface area contributed by atoms with Gasteiger partial charge in [0.2, 0.25) is 0 Å². The highest BCUT2D eigenvalue weighted by Crippen LogP contribution is 2.41. The van der Waals surface area contributed by atoms with Crippen molar-refractivity contribution in [3.8, 4) is 11.5 Å². The molecular formula is C30H32F3IN3O4S+. The lowest BCUT2D eigenvalue weighted by molar-refractivity contribution is -0.779. The standard InChI is InChI=1S/C30H31F3IN3O4S/c1-37(16-6-15-35-28(38)22-7-4-3-5-8-22)26(21-9-12-24(13-10-21)41-30(31,32)33)19-42-29(37)36-18-23-11-14-25(40-20-34)17-27(23)39-2/h3-5,7-9,11-14,17,19,21H,6,10,15-16,18,20H2,1-2H3/p+1. The van der Waals surface area contributed by atoms with E-state index in [2.05, 4.69) is 39.7 Å². The van der Waals surface area contributed by atoms with Crippen LogP contribution in [0.4, 0.5) is 13.2 Å². The number of allylic oxidation sites excluding steroid dienone is 3. The van der Waals surface area contributed by atoms with Crippen LogP contribution >= 0.6 is 34.4 Å². The van der Waals surface area contributed by atoms with Crippen molar-refractivity contribution in [1.82, 2.24) is 5.32 Å². The van der Waals surface area contributed by atoms with Gasteiger partial charge < -0.3 is 19.5 Å². The number of hydrogen-bond donors (Lipinski definition) is 1. The number of ether oxygens (including phenoxy) is 3. The summed E-state index contributed by atoms with van der Waals surface area (Å²) in [7, 11) is 3.66. The van der Waals surface area contributed by atoms with Crippen molar-refractivity contribution in [2.75, 3.05) is 31.9 Å². The predicted octanol–water partition coefficient (Wildman–Crippen LogP) is 7.17. The quantitative estimate of drug-likeness (QED) is 0.109. The van der Waals surface area contributed by atoms with Gasteiger partial charge in [0.05, 0.1) is 33.2 Å². The smallest absolute Gasteiger partial charge is 0.496 e. The van der Waals surface area contributed by atoms with E-state index < -0.39 is 6.36 Å². The SMILES string of the molecule is COc1cc(OCI)ccc1CN=C1SC=C(C2C=CC(OC(F)(F)F)=CC2)[N+]1(C)CCCNC(=O)c1ccccc1. The summed E-state index contributed by atoms with van der Waals surface area (Å²) in [6.07, 6.45) is 0.879. The number of quaternary nitrogens is 1. The number of nitrogens with zero attached hydrogens (tertiary/aromatic N) is 2. The molecule has 0 radical (unpaired) electrons. The molecule has 2 aromatic rings. The maximum absolute atomic E-state index is 12.7. The minimum atomic E-state index is -4.73. The van der Waals surface area contributed by atoms with Crippen LogP contribution in [0.5, 0.6) is 11.5 Å². The molecule has 0 saturated heterocycles. The van der Waals surface area contributed by atoms with Crippen molar-refractivity contribution < 1.29 is 36.7 Å². The maximum atomic E-state index is 12.7. The second kappa shape index (κ2) is 14.5. The molecule has 4 rings (SSSR count). The Hall–Kier alpha value is -2.97. The van der Waals surface area contributed by atoms with E-state index in [1.807, 2.05) is 41.8 Å². The summed E-state index contributed by atoms with van der Waals surface area (Å²) in [6, 6.07) is 14.7. The number of carbonyl (C=O) groups is 1. The molecule has 12 heteroatoms. The van der Waals surface area contributed by atoms with Crippen LogP contribution in [-0.2, 0) is 11.3 Å². The van der Waals surface area contributed by atoms with Gasteiger partial charge in [0.25, 0.3) is 11.1 Å². The highest BCUT2D eigenvalue weighted by molar-refractivity contribution is 14.1. The number of rotatable bonds is 12. The van der Waals surface area contributed by atoms with E-state index in [0.29, 0.717) is 58.6 Å². The Morgan fingerprint density at radius 3 is 2.67 bits per heavy atom. The van der Waals surface area contributed by atoms with Gasteiger partial charge in [-0.05, 0) is 77.2 Å². The molecule has 2 atom stereocenters. The number of nitrogens with one attached hydrogen (secondary N) is 1. The number of alkyl halides is 4. The summed E-state index contributed by atoms with van der Waals surface area (Å²) in [5, 5.41) is 5.86. The van der Waals surface area contributed by atoms with E-state index >= 15 is 0 Å². The fourth-order valence-electron chi connectivity index (χ4n) is 4.81. The Bertz CT molecular complexity index is 1380. The Balaban J connectivity index is 1.50. The second-order valence-electron chi connectivity index (χ2n) is 9.73. The van der Waals surface area contributed by atoms with Crippen LogP contribution in [0.25, 0.3) is 0 Å². The summed E-state index contributed by atoms with van der Waals surface area (Å²) >= 11 is 3.64. The van der Waals surface area contributed by atoms with Crippen LogP contribution in [0, 0.1) is 5.92 Å². The first-order valence-corrected chi connectivity index (χ1v) is 15.6. The molecule has 0 saturated carbocycles. The summed E-state index contributed by atoms with van der Waals surface area (Å²) in [4.78, 5) is 17.5. The van der Waals surface area contributed by atoms with Crippen molar-refractivity contribution >= 4 is 45.4 Å². The largest absolute Gasteiger partial charge is 0.573 e. The summed E-state index contributed by atoms with van der Waals surface area (Å²) in [5.41, 5.74) is 2.51. The van der Waals surface area contributed by atoms with Gasteiger partial charge >= 0.3 is 6.36 Å². The first kappa shape index (κ1) is 32.0. The van der Waals surface area contributed by atoms with Gasteiger partial charge in [-0.2, -0.15) is 0 Å². The minimum absolute atomic E-state index is 0.131. The van der Waals surface area contributed by atoms with Crippen molar-refractivity contribution in [2.24, 2.45) is 10.9 Å². The number of methoxy groups -OCH3 is 1. The van der Waals surface area contributed by atoms with E-state index in [4.69, 9.17) is 14.5 Å². The minimum Gasteiger partial charge on any atom is -0.496 e. The normalized spacial score (nSPS) is 21.1. The van der Waals surface area contributed by atoms with Crippen molar-refractivity contribution in [3.63, 3.8) is 0 Å². The molecule has 0 bridgehead atoms. The zero-order chi connectivity index (χ0) is 30.2. The van der Waals surface area contributed by atoms with Crippen LogP contribution in [-0.4, -0.2) is 53.8 Å². The predicted molar refractivity (Wildman–Crippen MR) is 166 cm³/mol. The fraction of sp³-hybridized carbons (Fsp3) is 0.333. The van der Waals surface area contributed by atoms with Crippen LogP contribution in [0.15, 0.2) is 88.6 Å². The zero-order valence-electron chi connectivity index (χ0n) is 23.2. The van der Waals surface area contributed by atoms with Gasteiger partial charge in [-0.3, -0.25) is 4.79 Å². The summed E-state index contributed by atoms with van der Waals surface area (Å²) in [6.45, 7) is 1.47. The Kier molecular flexibility index (Phi) is 11.0. The molecule has 2 aromatic carbocycles. The number of hydrogen-bond acceptors (Lipinski definition) is 6. The van der Waals surface area contributed by atoms with Crippen LogP contribution < -0.4 is 14.8 Å². The third-order valence-electron chi connectivity index (χ3n) is 6.92. The molecule has 1 aliphatic heterocycles. The molecular weight excluding hydrogens is 682 g/mol. The highest BCUT2D eigenvalue weighted by atomic mass is 127. The van der Waals surface area contributed by atoms with Crippen molar-refractivity contribution in [1.29, 1.82) is 0 Å². The molecule has 42 heavy (non-hydrogen) atoms. The van der Waals surface area contributed by atoms with Crippen LogP contribution in [0.1, 0.15) is 28.8 Å². The van der Waals surface area contributed by atoms with Crippen molar-refractivity contribution in [2.45, 2.75) is 25.7 Å². The summed E-state index contributed by atoms with van der Waals surface area (Å²) < 4.78 is 54.3. The van der Waals surface area contributed by atoms with E-state index in [-0.39, 0.29) is 17.6 Å². The van der Waals surface area contributed by atoms with E-state index in [0.717, 1.165) is 16.4 Å². The van der Waals surface area contributed by atoms with E-state index in [1.54, 1.807) is 25.3 Å². The number of thioether (sulfide) groups is 1. The Morgan fingerprint density at radius 2 is 2.00 bits per heavy atom. The number of aliphatic imine (C=N–C) groups is 1. The van der Waals surface area contributed by atoms with E-state index in [9.17, 15) is 18.0 Å². The van der Waals surface area contributed by atoms with Gasteiger partial charge in [-0.25, -0.2) is 9.48 Å². The third kappa shape index (κ3) is 8.32. The van der Waals surface area contributed by atoms with Gasteiger partial charge in [0, 0.05) is 35.6 Å². The second-order valence-corrected chi connectivity index (χ2v) is 11.2. The highest BCUT2D eigenvalue weighted by Gasteiger charge is 2.43. The lowest BCUT2D eigenvalue weighted by Gasteiger charge is -2.34. The molecule has 1 heterocycles. The summed E-state index contributed by atoms with van der Waals surface area (Å²) in [5.74, 6) is 0.903. The van der Waals surface area contributed by atoms with E-state index in [1.165, 1.54) is 23.9 Å². The van der Waals surface area contributed by atoms with Gasteiger partial charge in [0.15, 0.2) is 0 Å². The fourth-order valence-corrected chi connectivity index (χ4v) is 6.37. The molecule has 7 nitrogen and oxygen atoms in total. The number of amidine groups is 1. The number of amides is 1. The topological polar surface area (TPSA) is 69.2 Å². The average molecular weight is 715 g/mol. The molecule has 1 N–H and O–H groups in total. The van der Waals surface area contributed by atoms with Gasteiger partial charge in [-0.15, -0.1) is 13.2 Å². The lowest BCUT2D eigenvalue weighted by atomic mass is 9.95. The monoisotopic (exact) mass is 714 g/mol. The molecule has 0 aromatic heterocycles.